The lowest BCUT2D eigenvalue weighted by Gasteiger charge is -2.32. The number of nitrogens with zero attached hydrogens (tertiary/aromatic N) is 3. The number of likely N-dealkylation sites (N-methyl/N-ethyl adjacent to an activating group) is 1. The first-order valence-corrected chi connectivity index (χ1v) is 6.81. The molecule has 6 heteroatoms. The van der Waals surface area contributed by atoms with E-state index in [1.807, 2.05) is 6.07 Å². The standard InChI is InChI=1S/C14H18N4O2/c1-2-17-7-3-4-12(10-17)16-13-8-11(9-15)5-6-14(13)18(19)20/h5-6,8,12,16H,2-4,7,10H2,1H3. The molecule has 0 spiro atoms. The van der Waals surface area contributed by atoms with E-state index in [0.717, 1.165) is 32.5 Å². The Morgan fingerprint density at radius 3 is 3.05 bits per heavy atom. The van der Waals surface area contributed by atoms with E-state index in [1.54, 1.807) is 6.07 Å². The molecule has 0 amide bonds. The molecule has 1 N–H and O–H groups in total. The van der Waals surface area contributed by atoms with Crippen molar-refractivity contribution in [2.75, 3.05) is 25.0 Å². The molecule has 106 valence electrons. The van der Waals surface area contributed by atoms with Crippen LogP contribution in [0.5, 0.6) is 0 Å². The molecule has 0 radical (unpaired) electrons. The summed E-state index contributed by atoms with van der Waals surface area (Å²) in [5.74, 6) is 0. The van der Waals surface area contributed by atoms with Gasteiger partial charge in [0, 0.05) is 18.7 Å². The molecule has 1 aromatic carbocycles. The SMILES string of the molecule is CCN1CCCC(Nc2cc(C#N)ccc2[N+](=O)[O-])C1. The molecule has 1 aliphatic rings. The van der Waals surface area contributed by atoms with Crippen molar-refractivity contribution in [1.82, 2.24) is 4.90 Å². The summed E-state index contributed by atoms with van der Waals surface area (Å²) in [4.78, 5) is 13.0. The van der Waals surface area contributed by atoms with Crippen LogP contribution in [0, 0.1) is 21.4 Å². The fourth-order valence-corrected chi connectivity index (χ4v) is 2.56. The Labute approximate surface area is 118 Å². The van der Waals surface area contributed by atoms with Gasteiger partial charge in [-0.1, -0.05) is 6.92 Å². The van der Waals surface area contributed by atoms with Gasteiger partial charge in [0.1, 0.15) is 5.69 Å². The van der Waals surface area contributed by atoms with E-state index in [0.29, 0.717) is 11.3 Å². The Kier molecular flexibility index (Phi) is 4.53. The lowest BCUT2D eigenvalue weighted by atomic mass is 10.0. The molecule has 1 fully saturated rings. The normalized spacial score (nSPS) is 19.3. The first-order valence-electron chi connectivity index (χ1n) is 6.81. The maximum absolute atomic E-state index is 11.1. The number of nitriles is 1. The number of nitrogens with one attached hydrogen (secondary N) is 1. The Balaban J connectivity index is 2.19. The molecule has 0 aliphatic carbocycles. The Bertz CT molecular complexity index is 538. The van der Waals surface area contributed by atoms with Crippen molar-refractivity contribution in [2.45, 2.75) is 25.8 Å². The Morgan fingerprint density at radius 1 is 1.60 bits per heavy atom. The molecular weight excluding hydrogens is 256 g/mol. The van der Waals surface area contributed by atoms with Crippen LogP contribution in [0.2, 0.25) is 0 Å². The number of anilines is 1. The highest BCUT2D eigenvalue weighted by molar-refractivity contribution is 5.64. The van der Waals surface area contributed by atoms with Crippen LogP contribution in [0.4, 0.5) is 11.4 Å². The number of hydrogen-bond donors (Lipinski definition) is 1. The summed E-state index contributed by atoms with van der Waals surface area (Å²) in [5, 5.41) is 23.2. The predicted molar refractivity (Wildman–Crippen MR) is 76.6 cm³/mol. The smallest absolute Gasteiger partial charge is 0.292 e. The van der Waals surface area contributed by atoms with E-state index < -0.39 is 4.92 Å². The topological polar surface area (TPSA) is 82.2 Å². The van der Waals surface area contributed by atoms with Gasteiger partial charge < -0.3 is 10.2 Å². The molecule has 0 bridgehead atoms. The fourth-order valence-electron chi connectivity index (χ4n) is 2.56. The summed E-state index contributed by atoms with van der Waals surface area (Å²) in [6, 6.07) is 6.63. The average Bonchev–Trinajstić information content (AvgIpc) is 2.47. The molecule has 20 heavy (non-hydrogen) atoms. The van der Waals surface area contributed by atoms with E-state index in [4.69, 9.17) is 5.26 Å². The summed E-state index contributed by atoms with van der Waals surface area (Å²) in [6.07, 6.45) is 2.07. The summed E-state index contributed by atoms with van der Waals surface area (Å²) >= 11 is 0. The minimum Gasteiger partial charge on any atom is -0.375 e. The third-order valence-corrected chi connectivity index (χ3v) is 3.63. The molecule has 0 aromatic heterocycles. The van der Waals surface area contributed by atoms with Crippen molar-refractivity contribution < 1.29 is 4.92 Å². The number of hydrogen-bond acceptors (Lipinski definition) is 5. The van der Waals surface area contributed by atoms with Crippen LogP contribution < -0.4 is 5.32 Å². The van der Waals surface area contributed by atoms with Crippen molar-refractivity contribution in [2.24, 2.45) is 0 Å². The van der Waals surface area contributed by atoms with E-state index >= 15 is 0 Å². The lowest BCUT2D eigenvalue weighted by Crippen LogP contribution is -2.41. The molecule has 1 unspecified atom stereocenters. The second-order valence-electron chi connectivity index (χ2n) is 4.98. The predicted octanol–water partition coefficient (Wildman–Crippen LogP) is 2.36. The van der Waals surface area contributed by atoms with Crippen molar-refractivity contribution in [1.29, 1.82) is 5.26 Å². The number of nitro benzene ring substituents is 1. The van der Waals surface area contributed by atoms with Crippen LogP contribution in [-0.2, 0) is 0 Å². The zero-order valence-electron chi connectivity index (χ0n) is 11.5. The summed E-state index contributed by atoms with van der Waals surface area (Å²) < 4.78 is 0. The largest absolute Gasteiger partial charge is 0.375 e. The first-order chi connectivity index (χ1) is 9.63. The number of likely N-dealkylation sites (tertiary alicyclic amines) is 1. The van der Waals surface area contributed by atoms with Gasteiger partial charge in [0.15, 0.2) is 0 Å². The van der Waals surface area contributed by atoms with Gasteiger partial charge in [0.05, 0.1) is 16.6 Å². The van der Waals surface area contributed by atoms with Gasteiger partial charge in [-0.25, -0.2) is 0 Å². The molecule has 1 aromatic rings. The van der Waals surface area contributed by atoms with Gasteiger partial charge in [-0.3, -0.25) is 10.1 Å². The monoisotopic (exact) mass is 274 g/mol. The summed E-state index contributed by atoms with van der Waals surface area (Å²) in [5.41, 5.74) is 0.899. The van der Waals surface area contributed by atoms with E-state index in [-0.39, 0.29) is 11.7 Å². The van der Waals surface area contributed by atoms with E-state index in [9.17, 15) is 10.1 Å². The molecule has 1 aliphatic heterocycles. The number of nitro groups is 1. The summed E-state index contributed by atoms with van der Waals surface area (Å²) in [6.45, 7) is 5.05. The highest BCUT2D eigenvalue weighted by atomic mass is 16.6. The minimum atomic E-state index is -0.413. The summed E-state index contributed by atoms with van der Waals surface area (Å²) in [7, 11) is 0. The van der Waals surface area contributed by atoms with Crippen molar-refractivity contribution >= 4 is 11.4 Å². The van der Waals surface area contributed by atoms with Gasteiger partial charge in [-0.05, 0) is 38.1 Å². The quantitative estimate of drug-likeness (QED) is 0.673. The first kappa shape index (κ1) is 14.3. The maximum Gasteiger partial charge on any atom is 0.292 e. The molecular formula is C14H18N4O2. The minimum absolute atomic E-state index is 0.0256. The van der Waals surface area contributed by atoms with Crippen molar-refractivity contribution in [3.8, 4) is 6.07 Å². The van der Waals surface area contributed by atoms with Crippen LogP contribution in [0.25, 0.3) is 0 Å². The second-order valence-corrected chi connectivity index (χ2v) is 4.98. The highest BCUT2D eigenvalue weighted by Crippen LogP contribution is 2.27. The van der Waals surface area contributed by atoms with Gasteiger partial charge in [-0.2, -0.15) is 5.26 Å². The van der Waals surface area contributed by atoms with Crippen LogP contribution in [0.1, 0.15) is 25.3 Å². The van der Waals surface area contributed by atoms with Gasteiger partial charge in [-0.15, -0.1) is 0 Å². The second kappa shape index (κ2) is 6.35. The van der Waals surface area contributed by atoms with Crippen LogP contribution >= 0.6 is 0 Å². The zero-order chi connectivity index (χ0) is 14.5. The van der Waals surface area contributed by atoms with Gasteiger partial charge in [0.2, 0.25) is 0 Å². The third-order valence-electron chi connectivity index (χ3n) is 3.63. The van der Waals surface area contributed by atoms with Crippen LogP contribution in [0.15, 0.2) is 18.2 Å². The average molecular weight is 274 g/mol. The van der Waals surface area contributed by atoms with Gasteiger partial charge >= 0.3 is 0 Å². The highest BCUT2D eigenvalue weighted by Gasteiger charge is 2.22. The molecule has 1 heterocycles. The number of rotatable bonds is 4. The number of piperidine rings is 1. The molecule has 1 saturated heterocycles. The molecule has 6 nitrogen and oxygen atoms in total. The Hall–Kier alpha value is -2.13. The van der Waals surface area contributed by atoms with E-state index in [2.05, 4.69) is 17.1 Å². The van der Waals surface area contributed by atoms with Crippen molar-refractivity contribution in [3.05, 3.63) is 33.9 Å². The Morgan fingerprint density at radius 2 is 2.40 bits per heavy atom. The fraction of sp³-hybridized carbons (Fsp3) is 0.500. The third kappa shape index (κ3) is 3.25. The maximum atomic E-state index is 11.1. The lowest BCUT2D eigenvalue weighted by molar-refractivity contribution is -0.384. The van der Waals surface area contributed by atoms with Crippen LogP contribution in [0.3, 0.4) is 0 Å². The van der Waals surface area contributed by atoms with Crippen LogP contribution in [-0.4, -0.2) is 35.5 Å². The molecule has 2 rings (SSSR count). The van der Waals surface area contributed by atoms with E-state index in [1.165, 1.54) is 12.1 Å². The molecule has 1 atom stereocenters. The molecule has 0 saturated carbocycles. The van der Waals surface area contributed by atoms with Gasteiger partial charge in [0.25, 0.3) is 5.69 Å². The van der Waals surface area contributed by atoms with Crippen molar-refractivity contribution in [3.63, 3.8) is 0 Å². The number of benzene rings is 1. The zero-order valence-corrected chi connectivity index (χ0v) is 11.5.